The first-order valence-corrected chi connectivity index (χ1v) is 3.86. The highest BCUT2D eigenvalue weighted by atomic mass is 16.5. The van der Waals surface area contributed by atoms with E-state index in [0.29, 0.717) is 0 Å². The van der Waals surface area contributed by atoms with Gasteiger partial charge in [0.25, 0.3) is 0 Å². The highest BCUT2D eigenvalue weighted by Crippen LogP contribution is 2.05. The molecule has 0 radical (unpaired) electrons. The number of carbonyl (C=O) groups is 1. The van der Waals surface area contributed by atoms with Crippen molar-refractivity contribution in [3.8, 4) is 0 Å². The molecule has 0 aromatic carbocycles. The van der Waals surface area contributed by atoms with E-state index < -0.39 is 37.0 Å². The summed E-state index contributed by atoms with van der Waals surface area (Å²) in [6.45, 7) is -0.799. The van der Waals surface area contributed by atoms with Gasteiger partial charge in [-0.15, -0.1) is 0 Å². The Balaban J connectivity index is 4.30. The van der Waals surface area contributed by atoms with E-state index in [2.05, 4.69) is 4.74 Å². The number of hydrogen-bond donors (Lipinski definition) is 5. The lowest BCUT2D eigenvalue weighted by atomic mass is 10.0. The van der Waals surface area contributed by atoms with Gasteiger partial charge in [0.05, 0.1) is 13.7 Å². The molecule has 14 heavy (non-hydrogen) atoms. The third-order valence-electron chi connectivity index (χ3n) is 1.70. The molecule has 0 aliphatic heterocycles. The fraction of sp³-hybridized carbons (Fsp3) is 0.857. The molecular weight excluding hydrogens is 196 g/mol. The van der Waals surface area contributed by atoms with E-state index in [1.165, 1.54) is 0 Å². The molecular formula is C7H14O7. The lowest BCUT2D eigenvalue weighted by Crippen LogP contribution is -2.48. The van der Waals surface area contributed by atoms with Gasteiger partial charge in [0, 0.05) is 0 Å². The van der Waals surface area contributed by atoms with Crippen molar-refractivity contribution in [1.82, 2.24) is 0 Å². The number of methoxy groups -OCH3 is 1. The predicted octanol–water partition coefficient (Wildman–Crippen LogP) is -3.40. The summed E-state index contributed by atoms with van der Waals surface area (Å²) in [5.74, 6) is -1.14. The van der Waals surface area contributed by atoms with Crippen molar-refractivity contribution < 1.29 is 35.1 Å². The van der Waals surface area contributed by atoms with Crippen molar-refractivity contribution in [1.29, 1.82) is 0 Å². The quantitative estimate of drug-likeness (QED) is 0.299. The number of hydrogen-bond acceptors (Lipinski definition) is 7. The molecule has 0 heterocycles. The van der Waals surface area contributed by atoms with Gasteiger partial charge in [0.2, 0.25) is 0 Å². The molecule has 0 bridgehead atoms. The van der Waals surface area contributed by atoms with Crippen LogP contribution in [0.25, 0.3) is 0 Å². The Kier molecular flexibility index (Phi) is 5.58. The Morgan fingerprint density at radius 2 is 1.71 bits per heavy atom. The second kappa shape index (κ2) is 5.89. The third-order valence-corrected chi connectivity index (χ3v) is 1.70. The van der Waals surface area contributed by atoms with E-state index >= 15 is 0 Å². The van der Waals surface area contributed by atoms with Crippen molar-refractivity contribution in [2.45, 2.75) is 24.4 Å². The van der Waals surface area contributed by atoms with Gasteiger partial charge in [-0.25, -0.2) is 4.79 Å². The molecule has 0 spiro atoms. The van der Waals surface area contributed by atoms with Crippen molar-refractivity contribution >= 4 is 5.97 Å². The van der Waals surface area contributed by atoms with E-state index in [9.17, 15) is 4.79 Å². The van der Waals surface area contributed by atoms with Crippen LogP contribution in [0.4, 0.5) is 0 Å². The molecule has 0 aliphatic carbocycles. The van der Waals surface area contributed by atoms with Gasteiger partial charge in [-0.05, 0) is 0 Å². The zero-order valence-electron chi connectivity index (χ0n) is 7.57. The van der Waals surface area contributed by atoms with Gasteiger partial charge >= 0.3 is 5.97 Å². The van der Waals surface area contributed by atoms with Crippen molar-refractivity contribution in [3.63, 3.8) is 0 Å². The normalized spacial score (nSPS) is 19.6. The minimum absolute atomic E-state index is 0.799. The molecule has 0 saturated carbocycles. The van der Waals surface area contributed by atoms with Gasteiger partial charge in [0.1, 0.15) is 18.3 Å². The van der Waals surface area contributed by atoms with E-state index in [0.717, 1.165) is 7.11 Å². The van der Waals surface area contributed by atoms with Crippen molar-refractivity contribution in [3.05, 3.63) is 0 Å². The number of carbonyl (C=O) groups excluding carboxylic acids is 1. The molecule has 7 heteroatoms. The van der Waals surface area contributed by atoms with E-state index in [1.54, 1.807) is 0 Å². The standard InChI is InChI=1S/C7H14O7/c1-14-7(13)6(12)5(11)4(10)3(9)2-8/h3-6,8-12H,2H2,1H3/t3-,4+,5-,6+/m1/s1. The summed E-state index contributed by atoms with van der Waals surface area (Å²) in [4.78, 5) is 10.7. The highest BCUT2D eigenvalue weighted by molar-refractivity contribution is 5.75. The SMILES string of the molecule is COC(=O)[C@@H](O)[C@H](O)[C@@H](O)[C@H](O)CO. The fourth-order valence-electron chi connectivity index (χ4n) is 0.783. The summed E-state index contributed by atoms with van der Waals surface area (Å²) in [5, 5.41) is 44.5. The molecule has 4 atom stereocenters. The van der Waals surface area contributed by atoms with Crippen LogP contribution in [-0.2, 0) is 9.53 Å². The molecule has 0 aliphatic rings. The number of aliphatic hydroxyl groups is 5. The van der Waals surface area contributed by atoms with Gasteiger partial charge < -0.3 is 30.3 Å². The van der Waals surface area contributed by atoms with Crippen molar-refractivity contribution in [2.75, 3.05) is 13.7 Å². The second-order valence-electron chi connectivity index (χ2n) is 2.70. The minimum atomic E-state index is -1.96. The first kappa shape index (κ1) is 13.3. The summed E-state index contributed by atoms with van der Waals surface area (Å²) < 4.78 is 4.09. The molecule has 0 rings (SSSR count). The highest BCUT2D eigenvalue weighted by Gasteiger charge is 2.34. The molecule has 0 fully saturated rings. The Morgan fingerprint density at radius 1 is 1.21 bits per heavy atom. The minimum Gasteiger partial charge on any atom is -0.467 e. The van der Waals surface area contributed by atoms with Crippen LogP contribution in [0.3, 0.4) is 0 Å². The smallest absolute Gasteiger partial charge is 0.337 e. The monoisotopic (exact) mass is 210 g/mol. The number of esters is 1. The third kappa shape index (κ3) is 3.20. The van der Waals surface area contributed by atoms with Crippen LogP contribution in [0, 0.1) is 0 Å². The second-order valence-corrected chi connectivity index (χ2v) is 2.70. The van der Waals surface area contributed by atoms with Crippen LogP contribution in [0.15, 0.2) is 0 Å². The maximum atomic E-state index is 10.7. The Morgan fingerprint density at radius 3 is 2.07 bits per heavy atom. The van der Waals surface area contributed by atoms with Crippen LogP contribution in [0.5, 0.6) is 0 Å². The lowest BCUT2D eigenvalue weighted by molar-refractivity contribution is -0.167. The topological polar surface area (TPSA) is 127 Å². The molecule has 84 valence electrons. The van der Waals surface area contributed by atoms with E-state index in [1.807, 2.05) is 0 Å². The molecule has 7 nitrogen and oxygen atoms in total. The predicted molar refractivity (Wildman–Crippen MR) is 43.1 cm³/mol. The molecule has 0 saturated heterocycles. The van der Waals surface area contributed by atoms with Crippen LogP contribution < -0.4 is 0 Å². The summed E-state index contributed by atoms with van der Waals surface area (Å²) in [5.41, 5.74) is 0. The number of rotatable bonds is 5. The van der Waals surface area contributed by atoms with Crippen LogP contribution in [-0.4, -0.2) is 69.6 Å². The van der Waals surface area contributed by atoms with Gasteiger partial charge in [-0.3, -0.25) is 0 Å². The first-order valence-electron chi connectivity index (χ1n) is 3.86. The van der Waals surface area contributed by atoms with E-state index in [4.69, 9.17) is 25.5 Å². The van der Waals surface area contributed by atoms with Gasteiger partial charge in [0.15, 0.2) is 6.10 Å². The van der Waals surface area contributed by atoms with Crippen LogP contribution in [0.2, 0.25) is 0 Å². The number of aliphatic hydroxyl groups excluding tert-OH is 5. The lowest BCUT2D eigenvalue weighted by Gasteiger charge is -2.23. The summed E-state index contributed by atoms with van der Waals surface area (Å²) >= 11 is 0. The maximum Gasteiger partial charge on any atom is 0.337 e. The Bertz CT molecular complexity index is 183. The summed E-state index contributed by atoms with van der Waals surface area (Å²) in [7, 11) is 0.993. The largest absolute Gasteiger partial charge is 0.467 e. The average molecular weight is 210 g/mol. The number of ether oxygens (including phenoxy) is 1. The average Bonchev–Trinajstić information content (AvgIpc) is 2.23. The van der Waals surface area contributed by atoms with E-state index in [-0.39, 0.29) is 0 Å². The molecule has 0 aromatic heterocycles. The molecule has 5 N–H and O–H groups in total. The summed E-state index contributed by atoms with van der Waals surface area (Å²) in [6.07, 6.45) is -7.33. The van der Waals surface area contributed by atoms with Crippen LogP contribution >= 0.6 is 0 Å². The van der Waals surface area contributed by atoms with Crippen molar-refractivity contribution in [2.24, 2.45) is 0 Å². The molecule has 0 amide bonds. The van der Waals surface area contributed by atoms with Crippen LogP contribution in [0.1, 0.15) is 0 Å². The molecule has 0 aromatic rings. The fourth-order valence-corrected chi connectivity index (χ4v) is 0.783. The zero-order chi connectivity index (χ0) is 11.3. The van der Waals surface area contributed by atoms with Gasteiger partial charge in [-0.1, -0.05) is 0 Å². The van der Waals surface area contributed by atoms with Gasteiger partial charge in [-0.2, -0.15) is 0 Å². The Hall–Kier alpha value is -0.730. The molecule has 0 unspecified atom stereocenters. The first-order chi connectivity index (χ1) is 6.45. The zero-order valence-corrected chi connectivity index (χ0v) is 7.57. The maximum absolute atomic E-state index is 10.7. The summed E-state index contributed by atoms with van der Waals surface area (Å²) in [6, 6.07) is 0. The Labute approximate surface area is 80.2 Å².